The van der Waals surface area contributed by atoms with Crippen LogP contribution in [0.15, 0.2) is 28.7 Å². The largest absolute Gasteiger partial charge is 0.459 e. The van der Waals surface area contributed by atoms with Crippen LogP contribution in [0.2, 0.25) is 0 Å². The summed E-state index contributed by atoms with van der Waals surface area (Å²) in [5, 5.41) is 9.05. The monoisotopic (exact) mass is 275 g/mol. The normalized spacial score (nSPS) is 12.1. The van der Waals surface area contributed by atoms with Crippen molar-refractivity contribution in [2.75, 3.05) is 18.9 Å². The maximum absolute atomic E-state index is 11.7. The van der Waals surface area contributed by atoms with Crippen molar-refractivity contribution in [1.82, 2.24) is 10.6 Å². The number of nitrogens with one attached hydrogen (secondary N) is 3. The summed E-state index contributed by atoms with van der Waals surface area (Å²) in [5.74, 6) is 0.0176. The van der Waals surface area contributed by atoms with E-state index in [9.17, 15) is 9.59 Å². The number of amides is 2. The average Bonchev–Trinajstić information content (AvgIpc) is 2.83. The zero-order valence-electron chi connectivity index (χ0n) is 11.4. The lowest BCUT2D eigenvalue weighted by atomic mass is 10.2. The van der Waals surface area contributed by atoms with Crippen molar-refractivity contribution in [3.8, 4) is 0 Å². The van der Waals surface area contributed by atoms with E-state index in [0.717, 1.165) is 17.6 Å². The van der Waals surface area contributed by atoms with Crippen LogP contribution < -0.4 is 16.0 Å². The van der Waals surface area contributed by atoms with Gasteiger partial charge in [-0.05, 0) is 38.2 Å². The van der Waals surface area contributed by atoms with Gasteiger partial charge in [0, 0.05) is 17.6 Å². The number of benzene rings is 1. The molecule has 0 aliphatic carbocycles. The van der Waals surface area contributed by atoms with Crippen LogP contribution in [0, 0.1) is 0 Å². The summed E-state index contributed by atoms with van der Waals surface area (Å²) >= 11 is 0. The first-order chi connectivity index (χ1) is 9.69. The second-order valence-electron chi connectivity index (χ2n) is 4.28. The Hall–Kier alpha value is -2.34. The predicted octanol–water partition coefficient (Wildman–Crippen LogP) is 1.40. The van der Waals surface area contributed by atoms with Crippen LogP contribution >= 0.6 is 0 Å². The molecule has 2 amide bonds. The van der Waals surface area contributed by atoms with E-state index in [1.54, 1.807) is 13.1 Å². The summed E-state index contributed by atoms with van der Waals surface area (Å²) < 4.78 is 5.65. The highest BCUT2D eigenvalue weighted by Crippen LogP contribution is 2.26. The van der Waals surface area contributed by atoms with E-state index in [1.807, 2.05) is 25.1 Å². The predicted molar refractivity (Wildman–Crippen MR) is 76.4 cm³/mol. The lowest BCUT2D eigenvalue weighted by molar-refractivity contribution is -0.127. The van der Waals surface area contributed by atoms with Gasteiger partial charge in [0.1, 0.15) is 17.4 Å². The number of anilines is 1. The summed E-state index contributed by atoms with van der Waals surface area (Å²) in [6.07, 6.45) is 0.360. The summed E-state index contributed by atoms with van der Waals surface area (Å²) in [6.45, 7) is 2.85. The first kappa shape index (κ1) is 14.1. The van der Waals surface area contributed by atoms with Crippen LogP contribution in [0.3, 0.4) is 0 Å². The van der Waals surface area contributed by atoms with Gasteiger partial charge in [-0.25, -0.2) is 0 Å². The molecule has 1 atom stereocenters. The van der Waals surface area contributed by atoms with Gasteiger partial charge in [0.25, 0.3) is 5.91 Å². The Bertz CT molecular complexity index is 621. The van der Waals surface area contributed by atoms with Crippen LogP contribution in [-0.2, 0) is 9.59 Å². The number of hydrogen-bond donors (Lipinski definition) is 3. The molecule has 3 N–H and O–H groups in total. The molecule has 20 heavy (non-hydrogen) atoms. The number of carbonyl (C=O) groups excluding carboxylic acids is 2. The second kappa shape index (κ2) is 6.21. The van der Waals surface area contributed by atoms with Crippen molar-refractivity contribution in [3.05, 3.63) is 30.0 Å². The molecule has 6 nitrogen and oxygen atoms in total. The highest BCUT2D eigenvalue weighted by molar-refractivity contribution is 5.91. The molecule has 0 bridgehead atoms. The fourth-order valence-corrected chi connectivity index (χ4v) is 2.06. The van der Waals surface area contributed by atoms with Gasteiger partial charge in [-0.3, -0.25) is 14.9 Å². The number of fused-ring (bicyclic) bond motifs is 1. The number of furan rings is 1. The minimum atomic E-state index is -0.699. The van der Waals surface area contributed by atoms with Crippen molar-refractivity contribution in [2.24, 2.45) is 0 Å². The van der Waals surface area contributed by atoms with Crippen LogP contribution in [0.25, 0.3) is 11.0 Å². The number of carbonyl (C=O) groups is 2. The van der Waals surface area contributed by atoms with Gasteiger partial charge in [-0.1, -0.05) is 0 Å². The highest BCUT2D eigenvalue weighted by Gasteiger charge is 2.22. The molecule has 1 unspecified atom stereocenters. The molecule has 0 saturated carbocycles. The van der Waals surface area contributed by atoms with Crippen LogP contribution in [0.5, 0.6) is 0 Å². The fraction of sp³-hybridized carbons (Fsp3) is 0.286. The van der Waals surface area contributed by atoms with Gasteiger partial charge in [0.05, 0.1) is 0 Å². The van der Waals surface area contributed by atoms with Crippen LogP contribution in [0.4, 0.5) is 5.69 Å². The summed E-state index contributed by atoms with van der Waals surface area (Å²) in [6, 6.07) is 6.81. The molecule has 0 saturated heterocycles. The molecule has 2 rings (SSSR count). The van der Waals surface area contributed by atoms with Crippen LogP contribution in [0.1, 0.15) is 18.7 Å². The molecule has 0 aliphatic rings. The van der Waals surface area contributed by atoms with Gasteiger partial charge < -0.3 is 15.1 Å². The van der Waals surface area contributed by atoms with Crippen LogP contribution in [-0.4, -0.2) is 25.9 Å². The first-order valence-corrected chi connectivity index (χ1v) is 6.38. The van der Waals surface area contributed by atoms with Gasteiger partial charge in [0.15, 0.2) is 0 Å². The van der Waals surface area contributed by atoms with E-state index >= 15 is 0 Å². The zero-order chi connectivity index (χ0) is 14.5. The number of rotatable bonds is 6. The summed E-state index contributed by atoms with van der Waals surface area (Å²) in [7, 11) is 1.63. The molecule has 0 radical (unpaired) electrons. The first-order valence-electron chi connectivity index (χ1n) is 6.38. The van der Waals surface area contributed by atoms with Gasteiger partial charge >= 0.3 is 0 Å². The Morgan fingerprint density at radius 3 is 2.85 bits per heavy atom. The van der Waals surface area contributed by atoms with Crippen molar-refractivity contribution < 1.29 is 14.0 Å². The van der Waals surface area contributed by atoms with Gasteiger partial charge in [-0.15, -0.1) is 0 Å². The third-order valence-corrected chi connectivity index (χ3v) is 2.95. The van der Waals surface area contributed by atoms with Crippen molar-refractivity contribution >= 4 is 29.0 Å². The fourth-order valence-electron chi connectivity index (χ4n) is 2.06. The van der Waals surface area contributed by atoms with Gasteiger partial charge in [0.2, 0.25) is 6.41 Å². The second-order valence-corrected chi connectivity index (χ2v) is 4.28. The van der Waals surface area contributed by atoms with E-state index in [2.05, 4.69) is 16.0 Å². The SMILES string of the molecule is CCNc1ccc2oc(C(NC)C(=O)NC=O)cc2c1. The number of hydrogen-bond acceptors (Lipinski definition) is 5. The summed E-state index contributed by atoms with van der Waals surface area (Å²) in [5.41, 5.74) is 1.69. The molecular formula is C14H17N3O3. The zero-order valence-corrected chi connectivity index (χ0v) is 11.4. The topological polar surface area (TPSA) is 83.4 Å². The lowest BCUT2D eigenvalue weighted by Gasteiger charge is -2.10. The Labute approximate surface area is 116 Å². The van der Waals surface area contributed by atoms with Crippen molar-refractivity contribution in [2.45, 2.75) is 13.0 Å². The maximum Gasteiger partial charge on any atom is 0.251 e. The quantitative estimate of drug-likeness (QED) is 0.694. The molecule has 6 heteroatoms. The van der Waals surface area contributed by atoms with E-state index in [4.69, 9.17) is 4.42 Å². The molecular weight excluding hydrogens is 258 g/mol. The lowest BCUT2D eigenvalue weighted by Crippen LogP contribution is -2.34. The minimum absolute atomic E-state index is 0.360. The standard InChI is InChI=1S/C14H17N3O3/c1-3-16-10-4-5-11-9(6-10)7-12(20-11)13(15-2)14(19)17-8-18/h4-8,13,15-16H,3H2,1-2H3,(H,17,18,19). The summed E-state index contributed by atoms with van der Waals surface area (Å²) in [4.78, 5) is 22.1. The highest BCUT2D eigenvalue weighted by atomic mass is 16.3. The maximum atomic E-state index is 11.7. The Kier molecular flexibility index (Phi) is 4.37. The van der Waals surface area contributed by atoms with E-state index in [0.29, 0.717) is 17.8 Å². The number of imide groups is 1. The smallest absolute Gasteiger partial charge is 0.251 e. The molecule has 1 heterocycles. The van der Waals surface area contributed by atoms with E-state index in [-0.39, 0.29) is 0 Å². The molecule has 0 aliphatic heterocycles. The minimum Gasteiger partial charge on any atom is -0.459 e. The van der Waals surface area contributed by atoms with E-state index < -0.39 is 11.9 Å². The van der Waals surface area contributed by atoms with Crippen molar-refractivity contribution in [3.63, 3.8) is 0 Å². The van der Waals surface area contributed by atoms with Crippen molar-refractivity contribution in [1.29, 1.82) is 0 Å². The Balaban J connectivity index is 2.34. The average molecular weight is 275 g/mol. The molecule has 1 aromatic carbocycles. The Morgan fingerprint density at radius 1 is 1.40 bits per heavy atom. The molecule has 0 fully saturated rings. The third kappa shape index (κ3) is 2.80. The molecule has 2 aromatic rings. The molecule has 106 valence electrons. The van der Waals surface area contributed by atoms with E-state index in [1.165, 1.54) is 0 Å². The third-order valence-electron chi connectivity index (χ3n) is 2.95. The van der Waals surface area contributed by atoms with Gasteiger partial charge in [-0.2, -0.15) is 0 Å². The molecule has 1 aromatic heterocycles. The Morgan fingerprint density at radius 2 is 2.20 bits per heavy atom. The number of likely N-dealkylation sites (N-methyl/N-ethyl adjacent to an activating group) is 1. The molecule has 0 spiro atoms.